The lowest BCUT2D eigenvalue weighted by Crippen LogP contribution is -2.57. The zero-order chi connectivity index (χ0) is 17.5. The number of rotatable bonds is 4. The first kappa shape index (κ1) is 16.5. The second-order valence-electron chi connectivity index (χ2n) is 5.75. The predicted molar refractivity (Wildman–Crippen MR) is 85.8 cm³/mol. The number of sulfone groups is 1. The van der Waals surface area contributed by atoms with Gasteiger partial charge in [-0.2, -0.15) is 0 Å². The highest BCUT2D eigenvalue weighted by Gasteiger charge is 2.41. The second kappa shape index (κ2) is 5.94. The summed E-state index contributed by atoms with van der Waals surface area (Å²) in [6.45, 7) is 3.68. The molecule has 1 aliphatic heterocycles. The van der Waals surface area contributed by atoms with E-state index >= 15 is 0 Å². The van der Waals surface area contributed by atoms with Crippen LogP contribution in [0.15, 0.2) is 33.7 Å². The molecule has 0 spiro atoms. The number of carbonyl (C=O) groups excluding carboxylic acids is 1. The molecule has 1 fully saturated rings. The number of aromatic nitrogens is 1. The van der Waals surface area contributed by atoms with E-state index in [4.69, 9.17) is 9.26 Å². The van der Waals surface area contributed by atoms with E-state index in [1.165, 1.54) is 24.1 Å². The van der Waals surface area contributed by atoms with Crippen molar-refractivity contribution < 1.29 is 22.5 Å². The summed E-state index contributed by atoms with van der Waals surface area (Å²) in [5, 5.41) is 3.16. The minimum Gasteiger partial charge on any atom is -0.497 e. The van der Waals surface area contributed by atoms with Crippen molar-refractivity contribution in [3.63, 3.8) is 0 Å². The number of hydrogen-bond acceptors (Lipinski definition) is 6. The van der Waals surface area contributed by atoms with E-state index in [2.05, 4.69) is 5.16 Å². The molecule has 0 unspecified atom stereocenters. The summed E-state index contributed by atoms with van der Waals surface area (Å²) in [7, 11) is -1.95. The molecule has 1 saturated heterocycles. The van der Waals surface area contributed by atoms with Gasteiger partial charge in [-0.25, -0.2) is 8.42 Å². The fourth-order valence-corrected chi connectivity index (χ4v) is 4.36. The highest BCUT2D eigenvalue weighted by Crippen LogP contribution is 2.27. The van der Waals surface area contributed by atoms with Crippen molar-refractivity contribution in [2.45, 2.75) is 24.0 Å². The predicted octanol–water partition coefficient (Wildman–Crippen LogP) is 1.60. The Morgan fingerprint density at radius 3 is 2.38 bits per heavy atom. The number of hydrogen-bond donors (Lipinski definition) is 0. The molecule has 128 valence electrons. The number of ether oxygens (including phenoxy) is 1. The van der Waals surface area contributed by atoms with Crippen LogP contribution >= 0.6 is 0 Å². The Balaban J connectivity index is 1.72. The largest absolute Gasteiger partial charge is 0.497 e. The third kappa shape index (κ3) is 2.66. The summed E-state index contributed by atoms with van der Waals surface area (Å²) in [4.78, 5) is 14.2. The maximum Gasteiger partial charge on any atom is 0.259 e. The third-order valence-corrected chi connectivity index (χ3v) is 6.31. The molecule has 0 atom stereocenters. The number of methoxy groups -OCH3 is 1. The van der Waals surface area contributed by atoms with Gasteiger partial charge < -0.3 is 14.2 Å². The number of benzene rings is 1. The van der Waals surface area contributed by atoms with E-state index in [1.54, 1.807) is 26.0 Å². The monoisotopic (exact) mass is 350 g/mol. The van der Waals surface area contributed by atoms with Crippen LogP contribution in [0.3, 0.4) is 0 Å². The normalized spacial score (nSPS) is 15.2. The maximum absolute atomic E-state index is 12.6. The first-order valence-corrected chi connectivity index (χ1v) is 8.99. The minimum atomic E-state index is -3.47. The number of aryl methyl sites for hydroxylation is 2. The lowest BCUT2D eigenvalue weighted by Gasteiger charge is -2.38. The summed E-state index contributed by atoms with van der Waals surface area (Å²) in [5.74, 6) is 0.796. The van der Waals surface area contributed by atoms with Gasteiger partial charge in [0.2, 0.25) is 0 Å². The van der Waals surface area contributed by atoms with Crippen molar-refractivity contribution in [1.82, 2.24) is 10.1 Å². The molecule has 8 heteroatoms. The van der Waals surface area contributed by atoms with Crippen LogP contribution in [0.25, 0.3) is 0 Å². The lowest BCUT2D eigenvalue weighted by atomic mass is 10.1. The van der Waals surface area contributed by atoms with Crippen LogP contribution in [0.1, 0.15) is 21.8 Å². The van der Waals surface area contributed by atoms with Crippen molar-refractivity contribution in [3.05, 3.63) is 41.3 Å². The van der Waals surface area contributed by atoms with Gasteiger partial charge >= 0.3 is 0 Å². The van der Waals surface area contributed by atoms with Crippen LogP contribution < -0.4 is 4.74 Å². The highest BCUT2D eigenvalue weighted by molar-refractivity contribution is 7.92. The highest BCUT2D eigenvalue weighted by atomic mass is 32.2. The van der Waals surface area contributed by atoms with Gasteiger partial charge in [0.25, 0.3) is 5.91 Å². The molecule has 0 bridgehead atoms. The van der Waals surface area contributed by atoms with E-state index in [0.29, 0.717) is 22.8 Å². The average Bonchev–Trinajstić information content (AvgIpc) is 2.84. The SMILES string of the molecule is COc1ccc(S(=O)(=O)C2CN(C(=O)c3c(C)noc3C)C2)cc1. The quantitative estimate of drug-likeness (QED) is 0.832. The number of carbonyl (C=O) groups is 1. The van der Waals surface area contributed by atoms with Gasteiger partial charge in [0.15, 0.2) is 9.84 Å². The number of amides is 1. The summed E-state index contributed by atoms with van der Waals surface area (Å²) >= 11 is 0. The van der Waals surface area contributed by atoms with Crippen LogP contribution in [-0.2, 0) is 9.84 Å². The van der Waals surface area contributed by atoms with E-state index in [0.717, 1.165) is 0 Å². The zero-order valence-electron chi connectivity index (χ0n) is 13.6. The smallest absolute Gasteiger partial charge is 0.259 e. The van der Waals surface area contributed by atoms with Crippen LogP contribution in [0, 0.1) is 13.8 Å². The van der Waals surface area contributed by atoms with Gasteiger partial charge in [0.1, 0.15) is 22.3 Å². The zero-order valence-corrected chi connectivity index (χ0v) is 14.5. The summed E-state index contributed by atoms with van der Waals surface area (Å²) in [5.41, 5.74) is 0.925. The van der Waals surface area contributed by atoms with Crippen LogP contribution in [0.2, 0.25) is 0 Å². The molecule has 0 N–H and O–H groups in total. The minimum absolute atomic E-state index is 0.164. The fourth-order valence-electron chi connectivity index (χ4n) is 2.70. The Labute approximate surface area is 140 Å². The first-order valence-electron chi connectivity index (χ1n) is 7.44. The van der Waals surface area contributed by atoms with Gasteiger partial charge in [0, 0.05) is 13.1 Å². The van der Waals surface area contributed by atoms with E-state index in [9.17, 15) is 13.2 Å². The van der Waals surface area contributed by atoms with Crippen LogP contribution in [-0.4, -0.2) is 49.8 Å². The number of likely N-dealkylation sites (tertiary alicyclic amines) is 1. The van der Waals surface area contributed by atoms with Crippen molar-refractivity contribution in [2.24, 2.45) is 0 Å². The average molecular weight is 350 g/mol. The Kier molecular flexibility index (Phi) is 4.08. The molecule has 1 aromatic heterocycles. The molecule has 0 saturated carbocycles. The van der Waals surface area contributed by atoms with Crippen molar-refractivity contribution in [3.8, 4) is 5.75 Å². The summed E-state index contributed by atoms with van der Waals surface area (Å²) < 4.78 is 35.2. The fraction of sp³-hybridized carbons (Fsp3) is 0.375. The topological polar surface area (TPSA) is 89.7 Å². The van der Waals surface area contributed by atoms with Crippen molar-refractivity contribution in [2.75, 3.05) is 20.2 Å². The van der Waals surface area contributed by atoms with E-state index in [1.807, 2.05) is 0 Å². The Bertz CT molecular complexity index is 845. The Morgan fingerprint density at radius 1 is 1.25 bits per heavy atom. The molecule has 0 aliphatic carbocycles. The maximum atomic E-state index is 12.6. The van der Waals surface area contributed by atoms with Gasteiger partial charge in [-0.1, -0.05) is 5.16 Å². The lowest BCUT2D eigenvalue weighted by molar-refractivity contribution is 0.0656. The molecule has 2 aromatic rings. The van der Waals surface area contributed by atoms with Gasteiger partial charge in [-0.05, 0) is 38.1 Å². The molecule has 1 amide bonds. The molecule has 0 radical (unpaired) electrons. The van der Waals surface area contributed by atoms with Crippen LogP contribution in [0.4, 0.5) is 0 Å². The standard InChI is InChI=1S/C16H18N2O5S/c1-10-15(11(2)23-17-10)16(19)18-8-14(9-18)24(20,21)13-6-4-12(22-3)5-7-13/h4-7,14H,8-9H2,1-3H3. The van der Waals surface area contributed by atoms with Crippen LogP contribution in [0.5, 0.6) is 5.75 Å². The van der Waals surface area contributed by atoms with Gasteiger partial charge in [-0.3, -0.25) is 4.79 Å². The van der Waals surface area contributed by atoms with E-state index in [-0.39, 0.29) is 23.9 Å². The molecule has 3 rings (SSSR count). The second-order valence-corrected chi connectivity index (χ2v) is 7.98. The molecule has 2 heterocycles. The van der Waals surface area contributed by atoms with Gasteiger partial charge in [-0.15, -0.1) is 0 Å². The third-order valence-electron chi connectivity index (χ3n) is 4.21. The first-order chi connectivity index (χ1) is 11.3. The molecule has 1 aliphatic rings. The van der Waals surface area contributed by atoms with Crippen molar-refractivity contribution >= 4 is 15.7 Å². The Hall–Kier alpha value is -2.35. The molecule has 1 aromatic carbocycles. The molecule has 24 heavy (non-hydrogen) atoms. The van der Waals surface area contributed by atoms with E-state index < -0.39 is 15.1 Å². The van der Waals surface area contributed by atoms with Crippen molar-refractivity contribution in [1.29, 1.82) is 0 Å². The Morgan fingerprint density at radius 2 is 1.88 bits per heavy atom. The number of nitrogens with zero attached hydrogens (tertiary/aromatic N) is 2. The molecule has 7 nitrogen and oxygen atoms in total. The molecular formula is C16H18N2O5S. The van der Waals surface area contributed by atoms with Gasteiger partial charge in [0.05, 0.1) is 17.7 Å². The summed E-state index contributed by atoms with van der Waals surface area (Å²) in [6.07, 6.45) is 0. The summed E-state index contributed by atoms with van der Waals surface area (Å²) in [6, 6.07) is 6.26. The molecular weight excluding hydrogens is 332 g/mol.